The molecule has 0 radical (unpaired) electrons. The predicted molar refractivity (Wildman–Crippen MR) is 157 cm³/mol. The van der Waals surface area contributed by atoms with Crippen molar-refractivity contribution in [2.75, 3.05) is 13.1 Å². The molecule has 4 nitrogen and oxygen atoms in total. The fraction of sp³-hybridized carbons (Fsp3) is 0.300. The molecule has 2 aliphatic rings. The minimum atomic E-state index is 0.435. The number of hydrogen-bond acceptors (Lipinski definition) is 4. The van der Waals surface area contributed by atoms with E-state index < -0.39 is 0 Å². The topological polar surface area (TPSA) is 44.0 Å². The Labute approximate surface area is 224 Å². The number of allylic oxidation sites excluding steroid dienone is 6. The summed E-state index contributed by atoms with van der Waals surface area (Å²) in [7, 11) is 0. The third-order valence-electron chi connectivity index (χ3n) is 6.61. The van der Waals surface area contributed by atoms with E-state index in [2.05, 4.69) is 66.5 Å². The van der Waals surface area contributed by atoms with Crippen LogP contribution < -0.4 is 5.32 Å². The minimum Gasteiger partial charge on any atom is -0.372 e. The van der Waals surface area contributed by atoms with Gasteiger partial charge in [0, 0.05) is 34.9 Å². The Bertz CT molecular complexity index is 1230. The number of H-pyrrole nitrogens is 1. The average Bonchev–Trinajstić information content (AvgIpc) is 3.15. The molecule has 1 aromatic carbocycles. The summed E-state index contributed by atoms with van der Waals surface area (Å²) in [6.07, 6.45) is 14.2. The molecule has 1 aliphatic heterocycles. The van der Waals surface area contributed by atoms with Crippen LogP contribution in [0, 0.1) is 5.41 Å². The second-order valence-electron chi connectivity index (χ2n) is 9.94. The summed E-state index contributed by atoms with van der Waals surface area (Å²) in [5.41, 5.74) is 6.14. The molecule has 2 heterocycles. The number of halogens is 1. The maximum atomic E-state index is 6.15. The zero-order valence-corrected chi connectivity index (χ0v) is 23.0. The molecule has 4 rings (SSSR count). The number of nitrogens with zero attached hydrogens (tertiary/aromatic N) is 2. The molecule has 2 aromatic rings. The van der Waals surface area contributed by atoms with E-state index in [1.807, 2.05) is 42.7 Å². The number of benzene rings is 1. The average molecular weight is 519 g/mol. The van der Waals surface area contributed by atoms with Crippen molar-refractivity contribution in [2.24, 2.45) is 5.41 Å². The van der Waals surface area contributed by atoms with Gasteiger partial charge in [-0.05, 0) is 61.3 Å². The Morgan fingerprint density at radius 2 is 1.86 bits per heavy atom. The van der Waals surface area contributed by atoms with Crippen molar-refractivity contribution in [3.8, 4) is 11.3 Å². The number of thioether (sulfide) groups is 1. The van der Waals surface area contributed by atoms with Gasteiger partial charge in [-0.2, -0.15) is 0 Å². The molecule has 0 unspecified atom stereocenters. The maximum absolute atomic E-state index is 6.15. The van der Waals surface area contributed by atoms with Gasteiger partial charge in [-0.25, -0.2) is 4.98 Å². The Hall–Kier alpha value is -2.89. The highest BCUT2D eigenvalue weighted by molar-refractivity contribution is 8.05. The first-order valence-corrected chi connectivity index (χ1v) is 13.6. The number of aromatic nitrogens is 2. The van der Waals surface area contributed by atoms with Crippen molar-refractivity contribution >= 4 is 34.6 Å². The molecule has 188 valence electrons. The number of likely N-dealkylation sites (tertiary alicyclic amines) is 1. The molecule has 0 amide bonds. The van der Waals surface area contributed by atoms with Crippen molar-refractivity contribution in [1.82, 2.24) is 20.2 Å². The van der Waals surface area contributed by atoms with Crippen LogP contribution in [-0.2, 0) is 0 Å². The van der Waals surface area contributed by atoms with Crippen molar-refractivity contribution in [2.45, 2.75) is 40.0 Å². The van der Waals surface area contributed by atoms with E-state index in [4.69, 9.17) is 16.6 Å². The summed E-state index contributed by atoms with van der Waals surface area (Å²) in [6, 6.07) is 7.73. The zero-order chi connectivity index (χ0) is 25.7. The lowest BCUT2D eigenvalue weighted by Gasteiger charge is -2.38. The van der Waals surface area contributed by atoms with Crippen LogP contribution in [0.4, 0.5) is 0 Å². The summed E-state index contributed by atoms with van der Waals surface area (Å²) >= 11 is 7.67. The van der Waals surface area contributed by atoms with Gasteiger partial charge in [0.15, 0.2) is 0 Å². The molecule has 1 saturated heterocycles. The van der Waals surface area contributed by atoms with E-state index >= 15 is 0 Å². The fourth-order valence-corrected chi connectivity index (χ4v) is 4.96. The molecule has 1 fully saturated rings. The van der Waals surface area contributed by atoms with E-state index in [0.29, 0.717) is 16.1 Å². The van der Waals surface area contributed by atoms with Crippen LogP contribution in [-0.4, -0.2) is 28.0 Å². The van der Waals surface area contributed by atoms with Crippen molar-refractivity contribution in [1.29, 1.82) is 0 Å². The summed E-state index contributed by atoms with van der Waals surface area (Å²) in [4.78, 5) is 11.0. The molecule has 6 heteroatoms. The molecule has 1 aromatic heterocycles. The molecule has 0 atom stereocenters. The van der Waals surface area contributed by atoms with Crippen molar-refractivity contribution in [3.63, 3.8) is 0 Å². The number of piperidine rings is 1. The van der Waals surface area contributed by atoms with Gasteiger partial charge in [0.05, 0.1) is 22.1 Å². The Balaban J connectivity index is 1.59. The summed E-state index contributed by atoms with van der Waals surface area (Å²) in [5.74, 6) is 0.815. The van der Waals surface area contributed by atoms with Gasteiger partial charge < -0.3 is 15.2 Å². The van der Waals surface area contributed by atoms with Crippen LogP contribution in [0.1, 0.15) is 51.6 Å². The van der Waals surface area contributed by atoms with E-state index in [0.717, 1.165) is 52.9 Å². The van der Waals surface area contributed by atoms with Gasteiger partial charge in [0.1, 0.15) is 5.82 Å². The molecule has 0 spiro atoms. The molecule has 2 N–H and O–H groups in total. The largest absolute Gasteiger partial charge is 0.372 e. The van der Waals surface area contributed by atoms with Gasteiger partial charge >= 0.3 is 0 Å². The quantitative estimate of drug-likeness (QED) is 0.368. The number of nitrogens with one attached hydrogen (secondary N) is 2. The third kappa shape index (κ3) is 6.45. The van der Waals surface area contributed by atoms with E-state index in [-0.39, 0.29) is 0 Å². The molecule has 36 heavy (non-hydrogen) atoms. The van der Waals surface area contributed by atoms with Crippen LogP contribution in [0.15, 0.2) is 83.9 Å². The highest BCUT2D eigenvalue weighted by Gasteiger charge is 2.26. The first kappa shape index (κ1) is 26.2. The lowest BCUT2D eigenvalue weighted by atomic mass is 9.82. The molecule has 0 bridgehead atoms. The Morgan fingerprint density at radius 3 is 2.56 bits per heavy atom. The fourth-order valence-electron chi connectivity index (χ4n) is 4.35. The zero-order valence-electron chi connectivity index (χ0n) is 21.4. The van der Waals surface area contributed by atoms with Crippen molar-refractivity contribution < 1.29 is 0 Å². The number of rotatable bonds is 8. The highest BCUT2D eigenvalue weighted by Crippen LogP contribution is 2.33. The summed E-state index contributed by atoms with van der Waals surface area (Å²) in [6.45, 7) is 17.3. The van der Waals surface area contributed by atoms with Crippen LogP contribution in [0.2, 0.25) is 5.02 Å². The van der Waals surface area contributed by atoms with Gasteiger partial charge in [-0.3, -0.25) is 0 Å². The molecule has 0 saturated carbocycles. The minimum absolute atomic E-state index is 0.435. The molecule has 1 aliphatic carbocycles. The third-order valence-corrected chi connectivity index (χ3v) is 7.66. The first-order chi connectivity index (χ1) is 17.3. The molecular weight excluding hydrogens is 484 g/mol. The first-order valence-electron chi connectivity index (χ1n) is 12.4. The van der Waals surface area contributed by atoms with E-state index in [1.165, 1.54) is 30.3 Å². The normalized spacial score (nSPS) is 17.5. The van der Waals surface area contributed by atoms with Crippen LogP contribution in [0.25, 0.3) is 22.5 Å². The smallest absolute Gasteiger partial charge is 0.138 e. The van der Waals surface area contributed by atoms with Crippen LogP contribution in [0.5, 0.6) is 0 Å². The Morgan fingerprint density at radius 1 is 1.14 bits per heavy atom. The van der Waals surface area contributed by atoms with Crippen LogP contribution >= 0.6 is 23.4 Å². The molecular formula is C30H35ClN4S. The number of imidazole rings is 1. The second-order valence-corrected chi connectivity index (χ2v) is 11.4. The lowest BCUT2D eigenvalue weighted by Crippen LogP contribution is -2.36. The van der Waals surface area contributed by atoms with Gasteiger partial charge in [-0.15, -0.1) is 0 Å². The van der Waals surface area contributed by atoms with Crippen LogP contribution in [0.3, 0.4) is 0 Å². The van der Waals surface area contributed by atoms with Gasteiger partial charge in [0.2, 0.25) is 0 Å². The highest BCUT2D eigenvalue weighted by atomic mass is 35.5. The monoisotopic (exact) mass is 518 g/mol. The summed E-state index contributed by atoms with van der Waals surface area (Å²) < 4.78 is 0. The van der Waals surface area contributed by atoms with Crippen molar-refractivity contribution in [3.05, 3.63) is 100 Å². The number of aromatic amines is 1. The predicted octanol–water partition coefficient (Wildman–Crippen LogP) is 8.38. The summed E-state index contributed by atoms with van der Waals surface area (Å²) in [5, 5.41) is 6.78. The SMILES string of the molecule is C=C(NC(=C)c1[nH]c(C2=CCC=C(N3CCC(C)(C)CC3)C=C2)nc1-c1ccc(Cl)cc1)S/C=C\C. The van der Waals surface area contributed by atoms with Gasteiger partial charge in [0.25, 0.3) is 0 Å². The van der Waals surface area contributed by atoms with Gasteiger partial charge in [-0.1, -0.05) is 80.7 Å². The standard InChI is InChI=1S/C30H35ClN4S/c1-6-20-36-22(3)32-21(2)27-28(23-10-13-25(31)14-11-23)34-29(33-27)24-8-7-9-26(15-12-24)35-18-16-30(4,5)17-19-35/h6,8-15,20,32H,2-3,7,16-19H2,1,4-5H3,(H,33,34)/b20-6-. The lowest BCUT2D eigenvalue weighted by molar-refractivity contribution is 0.165. The second kappa shape index (κ2) is 11.4. The Kier molecular flexibility index (Phi) is 8.32. The van der Waals surface area contributed by atoms with E-state index in [1.54, 1.807) is 0 Å². The maximum Gasteiger partial charge on any atom is 0.138 e. The number of hydrogen-bond donors (Lipinski definition) is 2. The van der Waals surface area contributed by atoms with E-state index in [9.17, 15) is 0 Å².